The van der Waals surface area contributed by atoms with Crippen molar-refractivity contribution in [3.05, 3.63) is 176 Å². The Morgan fingerprint density at radius 1 is 0.619 bits per heavy atom. The molecule has 0 aliphatic heterocycles. The highest BCUT2D eigenvalue weighted by atomic mass is 16.3. The summed E-state index contributed by atoms with van der Waals surface area (Å²) in [5.74, 6) is 0. The van der Waals surface area contributed by atoms with Crippen LogP contribution in [0.4, 0.5) is 11.4 Å². The van der Waals surface area contributed by atoms with Crippen LogP contribution in [0.25, 0.3) is 49.9 Å². The number of benzene rings is 6. The summed E-state index contributed by atoms with van der Waals surface area (Å²) in [6.45, 7) is 4.20. The van der Waals surface area contributed by atoms with E-state index in [9.17, 15) is 0 Å². The fraction of sp³-hybridized carbons (Fsp3) is 0. The molecule has 1 heterocycles. The molecule has 1 aromatic heterocycles. The molecule has 0 saturated carbocycles. The average Bonchev–Trinajstić information content (AvgIpc) is 3.42. The normalized spacial score (nSPS) is 12.0. The number of fused-ring (bicyclic) bond motifs is 4. The van der Waals surface area contributed by atoms with Crippen LogP contribution in [0.15, 0.2) is 174 Å². The second-order valence-corrected chi connectivity index (χ2v) is 10.2. The number of hydrogen-bond acceptors (Lipinski definition) is 2. The minimum atomic E-state index is 0.886. The number of allylic oxidation sites excluding steroid dienone is 3. The van der Waals surface area contributed by atoms with Gasteiger partial charge in [0, 0.05) is 33.3 Å². The summed E-state index contributed by atoms with van der Waals surface area (Å²) in [5.41, 5.74) is 8.11. The maximum atomic E-state index is 6.62. The van der Waals surface area contributed by atoms with Crippen LogP contribution in [0.1, 0.15) is 5.56 Å². The highest BCUT2D eigenvalue weighted by molar-refractivity contribution is 6.14. The van der Waals surface area contributed by atoms with Gasteiger partial charge in [-0.25, -0.2) is 0 Å². The molecule has 0 aliphatic rings. The van der Waals surface area contributed by atoms with Crippen LogP contribution in [0, 0.1) is 0 Å². The van der Waals surface area contributed by atoms with E-state index < -0.39 is 0 Å². The summed E-state index contributed by atoms with van der Waals surface area (Å²) in [6.07, 6.45) is 8.21. The monoisotopic (exact) mass is 539 g/mol. The number of nitrogens with zero attached hydrogens (tertiary/aromatic N) is 1. The Morgan fingerprint density at radius 3 is 2.07 bits per heavy atom. The number of para-hydroxylation sites is 3. The molecule has 0 unspecified atom stereocenters. The van der Waals surface area contributed by atoms with E-state index in [0.717, 1.165) is 55.7 Å². The molecule has 200 valence electrons. The van der Waals surface area contributed by atoms with Crippen molar-refractivity contribution in [1.82, 2.24) is 0 Å². The summed E-state index contributed by atoms with van der Waals surface area (Å²) < 4.78 is 6.62. The Balaban J connectivity index is 1.41. The fourth-order valence-electron chi connectivity index (χ4n) is 5.65. The molecule has 42 heavy (non-hydrogen) atoms. The van der Waals surface area contributed by atoms with Crippen molar-refractivity contribution in [2.24, 2.45) is 0 Å². The van der Waals surface area contributed by atoms with E-state index in [1.165, 1.54) is 10.8 Å². The molecule has 0 bridgehead atoms. The van der Waals surface area contributed by atoms with Gasteiger partial charge in [0.25, 0.3) is 0 Å². The Hall–Kier alpha value is -5.60. The first-order valence-electron chi connectivity index (χ1n) is 14.1. The second kappa shape index (κ2) is 11.1. The third-order valence-electron chi connectivity index (χ3n) is 7.64. The van der Waals surface area contributed by atoms with Crippen LogP contribution in [0.3, 0.4) is 0 Å². The van der Waals surface area contributed by atoms with Gasteiger partial charge in [0.05, 0.1) is 5.69 Å². The minimum Gasteiger partial charge on any atom is -0.455 e. The molecule has 2 heteroatoms. The average molecular weight is 540 g/mol. The van der Waals surface area contributed by atoms with Gasteiger partial charge in [-0.2, -0.15) is 0 Å². The van der Waals surface area contributed by atoms with Gasteiger partial charge < -0.3 is 9.32 Å². The quantitative estimate of drug-likeness (QED) is 0.187. The lowest BCUT2D eigenvalue weighted by atomic mass is 9.99. The largest absolute Gasteiger partial charge is 0.455 e. The van der Waals surface area contributed by atoms with Crippen molar-refractivity contribution in [1.29, 1.82) is 0 Å². The predicted octanol–water partition coefficient (Wildman–Crippen LogP) is 11.3. The van der Waals surface area contributed by atoms with Crippen LogP contribution >= 0.6 is 0 Å². The lowest BCUT2D eigenvalue weighted by Gasteiger charge is -2.28. The van der Waals surface area contributed by atoms with E-state index in [0.29, 0.717) is 0 Å². The van der Waals surface area contributed by atoms with Gasteiger partial charge >= 0.3 is 0 Å². The molecular formula is C40H29NO. The van der Waals surface area contributed by atoms with Crippen molar-refractivity contribution in [3.63, 3.8) is 0 Å². The van der Waals surface area contributed by atoms with E-state index in [4.69, 9.17) is 4.42 Å². The molecule has 0 radical (unpaired) electrons. The van der Waals surface area contributed by atoms with Crippen molar-refractivity contribution < 1.29 is 4.42 Å². The SMILES string of the molecule is C=C/C(=C\C=C\c1ccccc1)N(c1ccccc1)c1ccccc1-c1cccc2c1oc1cc3ccccc3cc12. The standard InChI is InChI=1S/C40H29NO/c1-2-32(22-13-17-29-15-5-3-6-16-29)41(33-20-7-4-8-21-33)38-26-12-11-23-34(38)35-24-14-25-36-37-27-30-18-9-10-19-31(30)28-39(37)42-40(35)36/h2-28H,1H2/b17-13+,32-22+. The molecule has 0 fully saturated rings. The number of rotatable bonds is 7. The first-order chi connectivity index (χ1) is 20.8. The Labute approximate surface area is 245 Å². The van der Waals surface area contributed by atoms with Crippen molar-refractivity contribution in [3.8, 4) is 11.1 Å². The number of hydrogen-bond donors (Lipinski definition) is 0. The van der Waals surface area contributed by atoms with Gasteiger partial charge in [-0.05, 0) is 58.8 Å². The van der Waals surface area contributed by atoms with Crippen LogP contribution in [-0.2, 0) is 0 Å². The summed E-state index contributed by atoms with van der Waals surface area (Å²) >= 11 is 0. The number of furan rings is 1. The lowest BCUT2D eigenvalue weighted by Crippen LogP contribution is -2.16. The topological polar surface area (TPSA) is 16.4 Å². The van der Waals surface area contributed by atoms with E-state index in [2.05, 4.69) is 145 Å². The Bertz CT molecular complexity index is 2100. The first kappa shape index (κ1) is 25.4. The van der Waals surface area contributed by atoms with Crippen LogP contribution in [0.5, 0.6) is 0 Å². The first-order valence-corrected chi connectivity index (χ1v) is 14.1. The van der Waals surface area contributed by atoms with Gasteiger partial charge in [0.2, 0.25) is 0 Å². The van der Waals surface area contributed by atoms with E-state index in [-0.39, 0.29) is 0 Å². The smallest absolute Gasteiger partial charge is 0.143 e. The summed E-state index contributed by atoms with van der Waals surface area (Å²) in [4.78, 5) is 2.26. The molecule has 0 spiro atoms. The molecule has 7 rings (SSSR count). The van der Waals surface area contributed by atoms with Crippen LogP contribution in [0.2, 0.25) is 0 Å². The highest BCUT2D eigenvalue weighted by Crippen LogP contribution is 2.43. The Morgan fingerprint density at radius 2 is 1.29 bits per heavy atom. The summed E-state index contributed by atoms with van der Waals surface area (Å²) in [5, 5.41) is 4.61. The van der Waals surface area contributed by atoms with Crippen LogP contribution < -0.4 is 4.90 Å². The van der Waals surface area contributed by atoms with Crippen LogP contribution in [-0.4, -0.2) is 0 Å². The van der Waals surface area contributed by atoms with E-state index >= 15 is 0 Å². The van der Waals surface area contributed by atoms with Crippen molar-refractivity contribution in [2.75, 3.05) is 4.90 Å². The molecule has 7 aromatic rings. The maximum Gasteiger partial charge on any atom is 0.143 e. The molecule has 0 aliphatic carbocycles. The molecule has 0 atom stereocenters. The maximum absolute atomic E-state index is 6.62. The van der Waals surface area contributed by atoms with Gasteiger partial charge in [0.1, 0.15) is 11.2 Å². The molecule has 0 amide bonds. The molecule has 0 N–H and O–H groups in total. The summed E-state index contributed by atoms with van der Waals surface area (Å²) in [6, 6.07) is 48.5. The highest BCUT2D eigenvalue weighted by Gasteiger charge is 2.20. The third kappa shape index (κ3) is 4.70. The fourth-order valence-corrected chi connectivity index (χ4v) is 5.65. The molecule has 0 saturated heterocycles. The molecular weight excluding hydrogens is 510 g/mol. The van der Waals surface area contributed by atoms with Gasteiger partial charge in [-0.3, -0.25) is 0 Å². The minimum absolute atomic E-state index is 0.886. The second-order valence-electron chi connectivity index (χ2n) is 10.2. The number of anilines is 2. The summed E-state index contributed by atoms with van der Waals surface area (Å²) in [7, 11) is 0. The molecule has 6 aromatic carbocycles. The van der Waals surface area contributed by atoms with Gasteiger partial charge in [0.15, 0.2) is 0 Å². The van der Waals surface area contributed by atoms with Gasteiger partial charge in [-0.1, -0.05) is 128 Å². The van der Waals surface area contributed by atoms with Crippen molar-refractivity contribution in [2.45, 2.75) is 0 Å². The Kier molecular flexibility index (Phi) is 6.71. The van der Waals surface area contributed by atoms with E-state index in [1.807, 2.05) is 30.3 Å². The predicted molar refractivity (Wildman–Crippen MR) is 179 cm³/mol. The zero-order valence-corrected chi connectivity index (χ0v) is 23.2. The lowest BCUT2D eigenvalue weighted by molar-refractivity contribution is 0.670. The van der Waals surface area contributed by atoms with Crippen molar-refractivity contribution >= 4 is 50.2 Å². The van der Waals surface area contributed by atoms with Gasteiger partial charge in [-0.15, -0.1) is 0 Å². The molecule has 2 nitrogen and oxygen atoms in total. The third-order valence-corrected chi connectivity index (χ3v) is 7.64. The zero-order chi connectivity index (χ0) is 28.3. The van der Waals surface area contributed by atoms with E-state index in [1.54, 1.807) is 0 Å². The zero-order valence-electron chi connectivity index (χ0n) is 23.2.